The first kappa shape index (κ1) is 13.7. The van der Waals surface area contributed by atoms with Crippen LogP contribution in [0.1, 0.15) is 19.3 Å². The molecule has 6 heteroatoms. The number of likely N-dealkylation sites (tertiary alicyclic amines) is 1. The van der Waals surface area contributed by atoms with Gasteiger partial charge in [0.1, 0.15) is 0 Å². The van der Waals surface area contributed by atoms with Crippen molar-refractivity contribution in [1.29, 1.82) is 0 Å². The number of ether oxygens (including phenoxy) is 1. The van der Waals surface area contributed by atoms with E-state index in [0.717, 1.165) is 25.9 Å². The molecule has 0 unspecified atom stereocenters. The lowest BCUT2D eigenvalue weighted by Crippen LogP contribution is -2.42. The molecule has 0 saturated carbocycles. The van der Waals surface area contributed by atoms with Crippen LogP contribution in [0, 0.1) is 0 Å². The highest BCUT2D eigenvalue weighted by molar-refractivity contribution is 5.76. The van der Waals surface area contributed by atoms with Gasteiger partial charge in [-0.3, -0.25) is 4.79 Å². The maximum absolute atomic E-state index is 11.8. The first-order chi connectivity index (χ1) is 9.29. The minimum Gasteiger partial charge on any atom is -0.384 e. The summed E-state index contributed by atoms with van der Waals surface area (Å²) in [6.07, 6.45) is 5.77. The van der Waals surface area contributed by atoms with E-state index in [4.69, 9.17) is 4.74 Å². The summed E-state index contributed by atoms with van der Waals surface area (Å²) in [6, 6.07) is 2.14. The summed E-state index contributed by atoms with van der Waals surface area (Å²) in [6.45, 7) is 2.06. The molecule has 19 heavy (non-hydrogen) atoms. The van der Waals surface area contributed by atoms with E-state index in [2.05, 4.69) is 15.3 Å². The van der Waals surface area contributed by atoms with E-state index in [1.165, 1.54) is 0 Å². The minimum atomic E-state index is 0.177. The molecule has 6 nitrogen and oxygen atoms in total. The Balaban J connectivity index is 1.75. The first-order valence-electron chi connectivity index (χ1n) is 6.60. The van der Waals surface area contributed by atoms with Crippen molar-refractivity contribution < 1.29 is 9.53 Å². The molecular weight excluding hydrogens is 244 g/mol. The van der Waals surface area contributed by atoms with Crippen LogP contribution in [0.25, 0.3) is 0 Å². The minimum absolute atomic E-state index is 0.177. The second kappa shape index (κ2) is 7.04. The van der Waals surface area contributed by atoms with Crippen molar-refractivity contribution in [3.63, 3.8) is 0 Å². The van der Waals surface area contributed by atoms with Crippen molar-refractivity contribution in [3.05, 3.63) is 18.5 Å². The highest BCUT2D eigenvalue weighted by Crippen LogP contribution is 2.14. The molecule has 1 N–H and O–H groups in total. The highest BCUT2D eigenvalue weighted by atomic mass is 16.5. The van der Waals surface area contributed by atoms with Gasteiger partial charge in [0.05, 0.1) is 13.0 Å². The molecule has 104 valence electrons. The Morgan fingerprint density at radius 1 is 1.42 bits per heavy atom. The maximum Gasteiger partial charge on any atom is 0.224 e. The van der Waals surface area contributed by atoms with E-state index >= 15 is 0 Å². The zero-order chi connectivity index (χ0) is 13.5. The fourth-order valence-electron chi connectivity index (χ4n) is 2.18. The van der Waals surface area contributed by atoms with Crippen molar-refractivity contribution in [3.8, 4) is 0 Å². The van der Waals surface area contributed by atoms with E-state index in [9.17, 15) is 4.79 Å². The van der Waals surface area contributed by atoms with Crippen LogP contribution in [0.4, 0.5) is 5.95 Å². The smallest absolute Gasteiger partial charge is 0.224 e. The van der Waals surface area contributed by atoms with Gasteiger partial charge in [-0.15, -0.1) is 0 Å². The zero-order valence-electron chi connectivity index (χ0n) is 11.2. The van der Waals surface area contributed by atoms with Gasteiger partial charge in [-0.1, -0.05) is 0 Å². The van der Waals surface area contributed by atoms with Gasteiger partial charge in [-0.2, -0.15) is 0 Å². The number of aromatic nitrogens is 2. The second-order valence-electron chi connectivity index (χ2n) is 4.61. The Morgan fingerprint density at radius 3 is 2.74 bits per heavy atom. The van der Waals surface area contributed by atoms with E-state index in [-0.39, 0.29) is 5.91 Å². The second-order valence-corrected chi connectivity index (χ2v) is 4.61. The van der Waals surface area contributed by atoms with Crippen LogP contribution in [-0.4, -0.2) is 53.6 Å². The Labute approximate surface area is 113 Å². The fraction of sp³-hybridized carbons (Fsp3) is 0.615. The van der Waals surface area contributed by atoms with Crippen LogP contribution in [0.2, 0.25) is 0 Å². The van der Waals surface area contributed by atoms with Crippen molar-refractivity contribution >= 4 is 11.9 Å². The molecule has 1 aromatic heterocycles. The third-order valence-corrected chi connectivity index (χ3v) is 3.27. The molecule has 0 radical (unpaired) electrons. The normalized spacial score (nSPS) is 16.4. The van der Waals surface area contributed by atoms with Crippen molar-refractivity contribution in [2.24, 2.45) is 0 Å². The summed E-state index contributed by atoms with van der Waals surface area (Å²) in [7, 11) is 1.61. The number of carbonyl (C=O) groups excluding carboxylic acids is 1. The molecule has 2 heterocycles. The number of nitrogens with one attached hydrogen (secondary N) is 1. The predicted molar refractivity (Wildman–Crippen MR) is 71.7 cm³/mol. The summed E-state index contributed by atoms with van der Waals surface area (Å²) in [5.74, 6) is 0.836. The molecule has 1 aliphatic heterocycles. The van der Waals surface area contributed by atoms with Gasteiger partial charge in [0.2, 0.25) is 11.9 Å². The summed E-state index contributed by atoms with van der Waals surface area (Å²) in [5, 5.41) is 3.30. The fourth-order valence-corrected chi connectivity index (χ4v) is 2.18. The van der Waals surface area contributed by atoms with Gasteiger partial charge in [-0.05, 0) is 18.9 Å². The van der Waals surface area contributed by atoms with E-state index in [1.807, 2.05) is 4.90 Å². The number of nitrogens with zero attached hydrogens (tertiary/aromatic N) is 3. The molecule has 0 bridgehead atoms. The molecule has 0 spiro atoms. The van der Waals surface area contributed by atoms with Crippen LogP contribution in [-0.2, 0) is 9.53 Å². The van der Waals surface area contributed by atoms with Gasteiger partial charge in [0.25, 0.3) is 0 Å². The van der Waals surface area contributed by atoms with Crippen LogP contribution < -0.4 is 5.32 Å². The SMILES string of the molecule is COCCC(=O)N1CCC(Nc2ncccn2)CC1. The van der Waals surface area contributed by atoms with Crippen LogP contribution in [0.5, 0.6) is 0 Å². The third kappa shape index (κ3) is 4.17. The number of amides is 1. The Kier molecular flexibility index (Phi) is 5.09. The van der Waals surface area contributed by atoms with Gasteiger partial charge >= 0.3 is 0 Å². The lowest BCUT2D eigenvalue weighted by Gasteiger charge is -2.32. The Morgan fingerprint density at radius 2 is 2.11 bits per heavy atom. The first-order valence-corrected chi connectivity index (χ1v) is 6.60. The van der Waals surface area contributed by atoms with Crippen molar-refractivity contribution in [1.82, 2.24) is 14.9 Å². The lowest BCUT2D eigenvalue weighted by atomic mass is 10.0. The molecule has 1 saturated heterocycles. The van der Waals surface area contributed by atoms with Crippen LogP contribution in [0.3, 0.4) is 0 Å². The predicted octanol–water partition coefficient (Wildman–Crippen LogP) is 0.916. The molecule has 1 aromatic rings. The molecule has 1 amide bonds. The average Bonchev–Trinajstić information content (AvgIpc) is 2.46. The molecule has 2 rings (SSSR count). The average molecular weight is 264 g/mol. The molecule has 1 aliphatic rings. The number of methoxy groups -OCH3 is 1. The Bertz CT molecular complexity index is 391. The third-order valence-electron chi connectivity index (χ3n) is 3.27. The van der Waals surface area contributed by atoms with Gasteiger partial charge in [0.15, 0.2) is 0 Å². The van der Waals surface area contributed by atoms with E-state index < -0.39 is 0 Å². The summed E-state index contributed by atoms with van der Waals surface area (Å²) < 4.78 is 4.93. The van der Waals surface area contributed by atoms with Crippen LogP contribution in [0.15, 0.2) is 18.5 Å². The zero-order valence-corrected chi connectivity index (χ0v) is 11.2. The maximum atomic E-state index is 11.8. The molecule has 0 aromatic carbocycles. The number of anilines is 1. The molecule has 1 fully saturated rings. The molecule has 0 atom stereocenters. The highest BCUT2D eigenvalue weighted by Gasteiger charge is 2.22. The van der Waals surface area contributed by atoms with Gasteiger partial charge in [-0.25, -0.2) is 9.97 Å². The largest absolute Gasteiger partial charge is 0.384 e. The van der Waals surface area contributed by atoms with Gasteiger partial charge in [0, 0.05) is 38.6 Å². The van der Waals surface area contributed by atoms with Gasteiger partial charge < -0.3 is 15.0 Å². The number of hydrogen-bond acceptors (Lipinski definition) is 5. The van der Waals surface area contributed by atoms with Crippen LogP contribution >= 0.6 is 0 Å². The number of rotatable bonds is 5. The summed E-state index contributed by atoms with van der Waals surface area (Å²) in [4.78, 5) is 22.0. The Hall–Kier alpha value is -1.69. The van der Waals surface area contributed by atoms with E-state index in [0.29, 0.717) is 25.0 Å². The van der Waals surface area contributed by atoms with Crippen molar-refractivity contribution in [2.45, 2.75) is 25.3 Å². The monoisotopic (exact) mass is 264 g/mol. The topological polar surface area (TPSA) is 67.3 Å². The molecule has 0 aliphatic carbocycles. The molecular formula is C13H20N4O2. The van der Waals surface area contributed by atoms with E-state index in [1.54, 1.807) is 25.6 Å². The summed E-state index contributed by atoms with van der Waals surface area (Å²) in [5.41, 5.74) is 0. The quantitative estimate of drug-likeness (QED) is 0.856. The number of hydrogen-bond donors (Lipinski definition) is 1. The number of piperidine rings is 1. The van der Waals surface area contributed by atoms with Crippen molar-refractivity contribution in [2.75, 3.05) is 32.1 Å². The number of carbonyl (C=O) groups is 1. The lowest BCUT2D eigenvalue weighted by molar-refractivity contribution is -0.133. The summed E-state index contributed by atoms with van der Waals surface area (Å²) >= 11 is 0. The standard InChI is InChI=1S/C13H20N4O2/c1-19-10-5-12(18)17-8-3-11(4-9-17)16-13-14-6-2-7-15-13/h2,6-7,11H,3-5,8-10H2,1H3,(H,14,15,16).